The SMILES string of the molecule is NC[C@@H]1O[C@@H](O[C@@H]2[C@@H](O[C@@H]3O[C@H](CO)[C@@H](O)[C@H]3O)[C@H](O)[C@@H](N)C[C@H]2N)[C@@H](N)[C@H](O)[C@H]1O.O=S(=O)([O-])[O-]. The lowest BCUT2D eigenvalue weighted by molar-refractivity contribution is -0.306. The number of hydrogen-bond acceptors (Lipinski definition) is 18. The van der Waals surface area contributed by atoms with Gasteiger partial charge < -0.3 is 81.6 Å². The number of rotatable bonds is 6. The number of nitrogens with two attached hydrogens (primary N) is 4. The van der Waals surface area contributed by atoms with Crippen molar-refractivity contribution >= 4 is 10.4 Å². The van der Waals surface area contributed by atoms with Gasteiger partial charge in [-0.2, -0.15) is 0 Å². The molecule has 2 heterocycles. The van der Waals surface area contributed by atoms with Crippen LogP contribution in [0.3, 0.4) is 0 Å². The minimum Gasteiger partial charge on any atom is -0.759 e. The number of aliphatic hydroxyl groups excluding tert-OH is 6. The van der Waals surface area contributed by atoms with Crippen molar-refractivity contribution in [3.8, 4) is 0 Å². The summed E-state index contributed by atoms with van der Waals surface area (Å²) in [5.41, 5.74) is 23.6. The second-order valence-corrected chi connectivity index (χ2v) is 9.52. The van der Waals surface area contributed by atoms with Gasteiger partial charge in [-0.1, -0.05) is 0 Å². The van der Waals surface area contributed by atoms with Crippen LogP contribution < -0.4 is 22.9 Å². The fourth-order valence-electron chi connectivity index (χ4n) is 4.16. The summed E-state index contributed by atoms with van der Waals surface area (Å²) < 4.78 is 56.5. The summed E-state index contributed by atoms with van der Waals surface area (Å²) in [6.45, 7) is -0.673. The van der Waals surface area contributed by atoms with Gasteiger partial charge in [-0.05, 0) is 6.42 Å². The van der Waals surface area contributed by atoms with Crippen LogP contribution in [-0.4, -0.2) is 147 Å². The van der Waals surface area contributed by atoms with Crippen molar-refractivity contribution in [3.05, 3.63) is 0 Å². The van der Waals surface area contributed by atoms with Crippen molar-refractivity contribution in [1.29, 1.82) is 0 Å². The van der Waals surface area contributed by atoms with Crippen molar-refractivity contribution in [3.63, 3.8) is 0 Å². The molecule has 214 valence electrons. The fraction of sp³-hybridized carbons (Fsp3) is 1.00. The molecule has 3 rings (SSSR count). The van der Waals surface area contributed by atoms with Gasteiger partial charge >= 0.3 is 0 Å². The largest absolute Gasteiger partial charge is 0.759 e. The third-order valence-electron chi connectivity index (χ3n) is 6.13. The van der Waals surface area contributed by atoms with E-state index in [4.69, 9.17) is 59.4 Å². The van der Waals surface area contributed by atoms with E-state index in [0.717, 1.165) is 0 Å². The van der Waals surface area contributed by atoms with E-state index >= 15 is 0 Å². The third kappa shape index (κ3) is 7.68. The first-order valence-corrected chi connectivity index (χ1v) is 12.2. The summed E-state index contributed by atoms with van der Waals surface area (Å²) in [6, 6.07) is -2.72. The first kappa shape index (κ1) is 31.5. The molecule has 0 aromatic heterocycles. The molecule has 19 heteroatoms. The summed E-state index contributed by atoms with van der Waals surface area (Å²) in [4.78, 5) is 0. The van der Waals surface area contributed by atoms with Crippen LogP contribution >= 0.6 is 0 Å². The average molecular weight is 551 g/mol. The zero-order valence-electron chi connectivity index (χ0n) is 18.9. The zero-order chi connectivity index (χ0) is 27.5. The Labute approximate surface area is 206 Å². The highest BCUT2D eigenvalue weighted by atomic mass is 32.3. The van der Waals surface area contributed by atoms with Crippen LogP contribution in [0.2, 0.25) is 0 Å². The summed E-state index contributed by atoms with van der Waals surface area (Å²) in [7, 11) is -5.17. The summed E-state index contributed by atoms with van der Waals surface area (Å²) >= 11 is 0. The summed E-state index contributed by atoms with van der Waals surface area (Å²) in [5.74, 6) is 0. The van der Waals surface area contributed by atoms with Crippen molar-refractivity contribution in [2.45, 2.75) is 92.1 Å². The van der Waals surface area contributed by atoms with Gasteiger partial charge in [0.05, 0.1) is 18.8 Å². The quantitative estimate of drug-likeness (QED) is 0.108. The highest BCUT2D eigenvalue weighted by Crippen LogP contribution is 2.31. The van der Waals surface area contributed by atoms with E-state index in [-0.39, 0.29) is 13.0 Å². The third-order valence-corrected chi connectivity index (χ3v) is 6.13. The lowest BCUT2D eigenvalue weighted by Gasteiger charge is -2.47. The molecule has 0 unspecified atom stereocenters. The Morgan fingerprint density at radius 2 is 1.28 bits per heavy atom. The molecule has 14 atom stereocenters. The maximum absolute atomic E-state index is 10.6. The lowest BCUT2D eigenvalue weighted by atomic mass is 9.84. The molecule has 0 amide bonds. The van der Waals surface area contributed by atoms with Crippen molar-refractivity contribution in [2.75, 3.05) is 13.2 Å². The van der Waals surface area contributed by atoms with Crippen molar-refractivity contribution in [1.82, 2.24) is 0 Å². The van der Waals surface area contributed by atoms with Gasteiger partial charge in [0.2, 0.25) is 0 Å². The molecule has 1 saturated carbocycles. The van der Waals surface area contributed by atoms with Gasteiger partial charge in [0.25, 0.3) is 0 Å². The number of hydrogen-bond donors (Lipinski definition) is 10. The monoisotopic (exact) mass is 550 g/mol. The van der Waals surface area contributed by atoms with Gasteiger partial charge in [0.1, 0.15) is 48.8 Å². The van der Waals surface area contributed by atoms with Gasteiger partial charge in [-0.3, -0.25) is 8.42 Å². The van der Waals surface area contributed by atoms with Gasteiger partial charge in [-0.15, -0.1) is 0 Å². The number of aliphatic hydroxyl groups is 6. The van der Waals surface area contributed by atoms with Crippen LogP contribution in [0.15, 0.2) is 0 Å². The predicted octanol–water partition coefficient (Wildman–Crippen LogP) is -7.99. The van der Waals surface area contributed by atoms with E-state index in [1.165, 1.54) is 0 Å². The van der Waals surface area contributed by atoms with E-state index in [1.54, 1.807) is 0 Å². The van der Waals surface area contributed by atoms with Gasteiger partial charge in [0, 0.05) is 29.0 Å². The Bertz CT molecular complexity index is 787. The summed E-state index contributed by atoms with van der Waals surface area (Å²) in [5, 5.41) is 60.2. The highest BCUT2D eigenvalue weighted by Gasteiger charge is 2.52. The topological polar surface area (TPSA) is 343 Å². The van der Waals surface area contributed by atoms with Crippen LogP contribution in [0, 0.1) is 0 Å². The molecule has 0 aromatic rings. The van der Waals surface area contributed by atoms with Crippen molar-refractivity contribution < 1.29 is 67.1 Å². The molecule has 0 spiro atoms. The van der Waals surface area contributed by atoms with E-state index in [2.05, 4.69) is 0 Å². The smallest absolute Gasteiger partial charge is 0.187 e. The molecule has 14 N–H and O–H groups in total. The molecule has 0 aromatic carbocycles. The van der Waals surface area contributed by atoms with E-state index in [1.807, 2.05) is 0 Å². The Balaban J connectivity index is 0.000000830. The molecule has 36 heavy (non-hydrogen) atoms. The summed E-state index contributed by atoms with van der Waals surface area (Å²) in [6.07, 6.45) is -13.8. The Morgan fingerprint density at radius 3 is 1.78 bits per heavy atom. The molecular weight excluding hydrogens is 516 g/mol. The molecule has 0 bridgehead atoms. The molecule has 18 nitrogen and oxygen atoms in total. The molecular formula is C17H34N4O14S-2. The van der Waals surface area contributed by atoms with E-state index in [9.17, 15) is 30.6 Å². The average Bonchev–Trinajstić information content (AvgIpc) is 3.06. The van der Waals surface area contributed by atoms with Crippen LogP contribution in [-0.2, 0) is 29.3 Å². The van der Waals surface area contributed by atoms with Crippen LogP contribution in [0.5, 0.6) is 0 Å². The van der Waals surface area contributed by atoms with Crippen LogP contribution in [0.25, 0.3) is 0 Å². The molecule has 3 aliphatic rings. The molecule has 3 fully saturated rings. The molecule has 1 aliphatic carbocycles. The van der Waals surface area contributed by atoms with E-state index < -0.39 is 103 Å². The van der Waals surface area contributed by atoms with Gasteiger partial charge in [-0.25, -0.2) is 0 Å². The molecule has 0 radical (unpaired) electrons. The molecule has 2 saturated heterocycles. The molecule has 2 aliphatic heterocycles. The maximum Gasteiger partial charge on any atom is 0.187 e. The second kappa shape index (κ2) is 12.9. The van der Waals surface area contributed by atoms with Crippen molar-refractivity contribution in [2.24, 2.45) is 22.9 Å². The van der Waals surface area contributed by atoms with E-state index in [0.29, 0.717) is 0 Å². The number of ether oxygens (including phenoxy) is 4. The standard InChI is InChI=1S/C17H34N4O10.H2O4S/c18-2-6-10(24)12(26)8(21)16(28-6)30-14-5(20)1-4(19)9(23)15(14)31-17-13(27)11(25)7(3-22)29-17;1-5(2,3)4/h4-17,22-27H,1-3,18-21H2;(H2,1,2,3,4)/p-2/t4-,5+,6-,7+,8-,9+,10-,11+,12-,13+,14-,15-,16-,17-;/m0./s1. The van der Waals surface area contributed by atoms with Crippen LogP contribution in [0.1, 0.15) is 6.42 Å². The first-order chi connectivity index (χ1) is 16.6. The zero-order valence-corrected chi connectivity index (χ0v) is 19.7. The Morgan fingerprint density at radius 1 is 0.778 bits per heavy atom. The Kier molecular flexibility index (Phi) is 11.3. The minimum atomic E-state index is -5.17. The lowest BCUT2D eigenvalue weighted by Crippen LogP contribution is -2.68. The normalized spacial score (nSPS) is 47.8. The second-order valence-electron chi connectivity index (χ2n) is 8.71. The fourth-order valence-corrected chi connectivity index (χ4v) is 4.16. The minimum absolute atomic E-state index is 0.114. The van der Waals surface area contributed by atoms with Gasteiger partial charge in [0.15, 0.2) is 12.6 Å². The highest BCUT2D eigenvalue weighted by molar-refractivity contribution is 7.79. The predicted molar refractivity (Wildman–Crippen MR) is 112 cm³/mol. The Hall–Kier alpha value is -0.690. The first-order valence-electron chi connectivity index (χ1n) is 10.9. The van der Waals surface area contributed by atoms with Crippen LogP contribution in [0.4, 0.5) is 0 Å². The maximum atomic E-state index is 10.6.